The first kappa shape index (κ1) is 11.0. The van der Waals surface area contributed by atoms with E-state index >= 15 is 0 Å². The smallest absolute Gasteiger partial charge is 0.174 e. The third kappa shape index (κ3) is 4.10. The van der Waals surface area contributed by atoms with Gasteiger partial charge >= 0.3 is 0 Å². The van der Waals surface area contributed by atoms with Gasteiger partial charge in [-0.3, -0.25) is 0 Å². The Morgan fingerprint density at radius 2 is 1.85 bits per heavy atom. The summed E-state index contributed by atoms with van der Waals surface area (Å²) in [6.07, 6.45) is 7.17. The summed E-state index contributed by atoms with van der Waals surface area (Å²) in [7, 11) is 3.16. The Labute approximate surface area is 85.1 Å². The van der Waals surface area contributed by atoms with Crippen LogP contribution in [0.25, 0.3) is 0 Å². The van der Waals surface area contributed by atoms with Crippen molar-refractivity contribution in [2.45, 2.75) is 52.0 Å². The molecule has 0 bridgehead atoms. The Morgan fingerprint density at radius 1 is 1.23 bits per heavy atom. The SMILES string of the molecule is CC(C)=C[Si]N(C)C1CCCCC1. The summed E-state index contributed by atoms with van der Waals surface area (Å²) >= 11 is 0. The van der Waals surface area contributed by atoms with Gasteiger partial charge in [-0.2, -0.15) is 0 Å². The number of rotatable bonds is 3. The van der Waals surface area contributed by atoms with Crippen molar-refractivity contribution in [1.82, 2.24) is 4.57 Å². The van der Waals surface area contributed by atoms with Gasteiger partial charge < -0.3 is 4.57 Å². The highest BCUT2D eigenvalue weighted by Crippen LogP contribution is 2.20. The second-order valence-electron chi connectivity index (χ2n) is 4.25. The minimum atomic E-state index is 0.864. The van der Waals surface area contributed by atoms with Gasteiger partial charge in [-0.15, -0.1) is 0 Å². The van der Waals surface area contributed by atoms with E-state index in [2.05, 4.69) is 31.2 Å². The van der Waals surface area contributed by atoms with Crippen molar-refractivity contribution in [2.24, 2.45) is 0 Å². The van der Waals surface area contributed by atoms with Crippen molar-refractivity contribution in [1.29, 1.82) is 0 Å². The van der Waals surface area contributed by atoms with E-state index in [1.165, 1.54) is 37.7 Å². The fraction of sp³-hybridized carbons (Fsp3) is 0.818. The number of hydrogen-bond acceptors (Lipinski definition) is 1. The topological polar surface area (TPSA) is 3.24 Å². The first-order valence-electron chi connectivity index (χ1n) is 5.32. The summed E-state index contributed by atoms with van der Waals surface area (Å²) in [6.45, 7) is 4.36. The average molecular weight is 195 g/mol. The Morgan fingerprint density at radius 3 is 2.38 bits per heavy atom. The average Bonchev–Trinajstić information content (AvgIpc) is 2.15. The molecule has 0 unspecified atom stereocenters. The normalized spacial score (nSPS) is 19.1. The molecule has 0 aromatic heterocycles. The van der Waals surface area contributed by atoms with E-state index in [-0.39, 0.29) is 0 Å². The molecule has 2 heteroatoms. The fourth-order valence-corrected chi connectivity index (χ4v) is 2.74. The maximum Gasteiger partial charge on any atom is 0.174 e. The minimum absolute atomic E-state index is 0.864. The molecule has 0 heterocycles. The lowest BCUT2D eigenvalue weighted by molar-refractivity contribution is 0.293. The van der Waals surface area contributed by atoms with Crippen LogP contribution in [0.3, 0.4) is 0 Å². The van der Waals surface area contributed by atoms with Gasteiger partial charge in [-0.05, 0) is 33.7 Å². The number of allylic oxidation sites excluding steroid dienone is 1. The van der Waals surface area contributed by atoms with Crippen molar-refractivity contribution in [3.05, 3.63) is 11.3 Å². The molecule has 13 heavy (non-hydrogen) atoms. The predicted octanol–water partition coefficient (Wildman–Crippen LogP) is 2.79. The maximum atomic E-state index is 2.53. The van der Waals surface area contributed by atoms with E-state index in [4.69, 9.17) is 0 Å². The van der Waals surface area contributed by atoms with E-state index in [0.29, 0.717) is 0 Å². The highest BCUT2D eigenvalue weighted by atomic mass is 28.2. The van der Waals surface area contributed by atoms with Crippen molar-refractivity contribution in [3.63, 3.8) is 0 Å². The number of nitrogens with zero attached hydrogens (tertiary/aromatic N) is 1. The van der Waals surface area contributed by atoms with Crippen LogP contribution in [-0.2, 0) is 0 Å². The molecule has 0 aromatic rings. The lowest BCUT2D eigenvalue weighted by Crippen LogP contribution is -2.35. The van der Waals surface area contributed by atoms with Gasteiger partial charge in [0.25, 0.3) is 0 Å². The standard InChI is InChI=1S/C11H21NSi/c1-10(2)9-13-12(3)11-7-5-4-6-8-11/h9,11H,4-8H2,1-3H3. The van der Waals surface area contributed by atoms with Gasteiger partial charge in [0.15, 0.2) is 9.68 Å². The monoisotopic (exact) mass is 195 g/mol. The van der Waals surface area contributed by atoms with Crippen LogP contribution in [0.15, 0.2) is 11.3 Å². The van der Waals surface area contributed by atoms with Crippen LogP contribution in [-0.4, -0.2) is 27.3 Å². The van der Waals surface area contributed by atoms with E-state index in [9.17, 15) is 0 Å². The lowest BCUT2D eigenvalue weighted by Gasteiger charge is -2.30. The Bertz CT molecular complexity index is 167. The minimum Gasteiger partial charge on any atom is -0.322 e. The zero-order valence-corrected chi connectivity index (χ0v) is 10.1. The van der Waals surface area contributed by atoms with E-state index < -0.39 is 0 Å². The third-order valence-electron chi connectivity index (χ3n) is 2.68. The molecule has 0 atom stereocenters. The Kier molecular flexibility index (Phi) is 4.74. The highest BCUT2D eigenvalue weighted by Gasteiger charge is 2.16. The first-order chi connectivity index (χ1) is 6.20. The maximum absolute atomic E-state index is 2.53. The molecule has 1 aliphatic rings. The van der Waals surface area contributed by atoms with E-state index in [1.807, 2.05) is 0 Å². The molecule has 1 rings (SSSR count). The molecule has 74 valence electrons. The molecule has 0 spiro atoms. The summed E-state index contributed by atoms with van der Waals surface area (Å²) in [5.74, 6) is 0. The van der Waals surface area contributed by atoms with Crippen molar-refractivity contribution in [3.8, 4) is 0 Å². The zero-order chi connectivity index (χ0) is 9.68. The van der Waals surface area contributed by atoms with E-state index in [1.54, 1.807) is 0 Å². The molecule has 0 aliphatic heterocycles. The zero-order valence-electron chi connectivity index (χ0n) is 9.14. The van der Waals surface area contributed by atoms with Crippen LogP contribution >= 0.6 is 0 Å². The summed E-state index contributed by atoms with van der Waals surface area (Å²) in [5, 5.41) is 0. The van der Waals surface area contributed by atoms with Crippen LogP contribution in [0.5, 0.6) is 0 Å². The van der Waals surface area contributed by atoms with Gasteiger partial charge in [0.2, 0.25) is 0 Å². The summed E-state index contributed by atoms with van der Waals surface area (Å²) in [4.78, 5) is 0. The molecule has 0 amide bonds. The molecule has 1 aliphatic carbocycles. The molecule has 2 radical (unpaired) electrons. The Hall–Kier alpha value is -0.0831. The van der Waals surface area contributed by atoms with E-state index in [0.717, 1.165) is 15.7 Å². The quantitative estimate of drug-likeness (QED) is 0.626. The molecule has 0 aromatic carbocycles. The summed E-state index contributed by atoms with van der Waals surface area (Å²) in [5.41, 5.74) is 3.80. The predicted molar refractivity (Wildman–Crippen MR) is 59.8 cm³/mol. The van der Waals surface area contributed by atoms with Crippen molar-refractivity contribution >= 4 is 9.68 Å². The second kappa shape index (κ2) is 5.61. The highest BCUT2D eigenvalue weighted by molar-refractivity contribution is 6.38. The van der Waals surface area contributed by atoms with Crippen LogP contribution < -0.4 is 0 Å². The van der Waals surface area contributed by atoms with Crippen LogP contribution in [0.4, 0.5) is 0 Å². The van der Waals surface area contributed by atoms with Gasteiger partial charge in [-0.1, -0.05) is 30.5 Å². The molecule has 1 saturated carbocycles. The largest absolute Gasteiger partial charge is 0.322 e. The van der Waals surface area contributed by atoms with Crippen LogP contribution in [0, 0.1) is 0 Å². The molecule has 0 saturated heterocycles. The van der Waals surface area contributed by atoms with Gasteiger partial charge in [-0.25, -0.2) is 0 Å². The van der Waals surface area contributed by atoms with Gasteiger partial charge in [0, 0.05) is 6.04 Å². The van der Waals surface area contributed by atoms with Crippen LogP contribution in [0.2, 0.25) is 0 Å². The third-order valence-corrected chi connectivity index (χ3v) is 4.16. The van der Waals surface area contributed by atoms with Crippen molar-refractivity contribution < 1.29 is 0 Å². The summed E-state index contributed by atoms with van der Waals surface area (Å²) in [6, 6.07) is 0.864. The molecule has 0 N–H and O–H groups in total. The second-order valence-corrected chi connectivity index (χ2v) is 5.51. The fourth-order valence-electron chi connectivity index (χ4n) is 1.80. The Balaban J connectivity index is 2.28. The van der Waals surface area contributed by atoms with Crippen LogP contribution in [0.1, 0.15) is 46.0 Å². The molecule has 1 nitrogen and oxygen atoms in total. The summed E-state index contributed by atoms with van der Waals surface area (Å²) < 4.78 is 2.53. The first-order valence-corrected chi connectivity index (χ1v) is 6.35. The lowest BCUT2D eigenvalue weighted by atomic mass is 9.96. The van der Waals surface area contributed by atoms with Crippen molar-refractivity contribution in [2.75, 3.05) is 7.05 Å². The molecular formula is C11H21NSi. The number of hydrogen-bond donors (Lipinski definition) is 0. The van der Waals surface area contributed by atoms with Gasteiger partial charge in [0.05, 0.1) is 0 Å². The molecule has 1 fully saturated rings. The molecular weight excluding hydrogens is 174 g/mol. The van der Waals surface area contributed by atoms with Gasteiger partial charge in [0.1, 0.15) is 0 Å².